The van der Waals surface area contributed by atoms with E-state index in [1.165, 1.54) is 0 Å². The number of fused-ring (bicyclic) bond motifs is 2. The fraction of sp³-hybridized carbons (Fsp3) is 0.588. The first kappa shape index (κ1) is 15.8. The summed E-state index contributed by atoms with van der Waals surface area (Å²) in [5.74, 6) is 0.0688. The molecule has 1 aliphatic heterocycles. The van der Waals surface area contributed by atoms with E-state index in [1.807, 2.05) is 45.0 Å². The van der Waals surface area contributed by atoms with Gasteiger partial charge < -0.3 is 14.7 Å². The van der Waals surface area contributed by atoms with Gasteiger partial charge in [0.25, 0.3) is 0 Å². The van der Waals surface area contributed by atoms with Crippen LogP contribution in [-0.2, 0) is 10.3 Å². The van der Waals surface area contributed by atoms with E-state index >= 15 is 0 Å². The maximum absolute atomic E-state index is 12.3. The predicted molar refractivity (Wildman–Crippen MR) is 87.5 cm³/mol. The Labute approximate surface area is 139 Å². The average Bonchev–Trinajstić information content (AvgIpc) is 2.94. The summed E-state index contributed by atoms with van der Waals surface area (Å²) >= 11 is 3.46. The van der Waals surface area contributed by atoms with Crippen molar-refractivity contribution in [3.8, 4) is 0 Å². The van der Waals surface area contributed by atoms with Crippen LogP contribution in [0.1, 0.15) is 39.2 Å². The number of amides is 1. The van der Waals surface area contributed by atoms with Gasteiger partial charge in [-0.05, 0) is 44.9 Å². The Morgan fingerprint density at radius 2 is 2.18 bits per heavy atom. The van der Waals surface area contributed by atoms with Gasteiger partial charge in [-0.15, -0.1) is 0 Å². The zero-order chi connectivity index (χ0) is 16.1. The van der Waals surface area contributed by atoms with E-state index in [4.69, 9.17) is 4.74 Å². The molecule has 1 heterocycles. The Bertz CT molecular complexity index is 598. The molecule has 2 aliphatic rings. The second-order valence-electron chi connectivity index (χ2n) is 7.36. The second kappa shape index (κ2) is 5.24. The molecule has 3 atom stereocenters. The van der Waals surface area contributed by atoms with Crippen molar-refractivity contribution in [3.63, 3.8) is 0 Å². The standard InChI is InChI=1S/C17H22BrNO3/c1-16(2,3)22-15(20)19-10-12-8-14(19)9-17(12,21)11-5-4-6-13(18)7-11/h4-7,12,14,21H,8-10H2,1-3H3. The molecule has 2 fully saturated rings. The molecule has 1 aromatic carbocycles. The van der Waals surface area contributed by atoms with Crippen molar-refractivity contribution in [2.24, 2.45) is 5.92 Å². The van der Waals surface area contributed by atoms with Gasteiger partial charge in [0, 0.05) is 29.4 Å². The van der Waals surface area contributed by atoms with Crippen LogP contribution in [0.2, 0.25) is 0 Å². The molecule has 1 aromatic rings. The molecule has 3 unspecified atom stereocenters. The smallest absolute Gasteiger partial charge is 0.410 e. The highest BCUT2D eigenvalue weighted by molar-refractivity contribution is 9.10. The first-order valence-corrected chi connectivity index (χ1v) is 8.46. The van der Waals surface area contributed by atoms with Crippen molar-refractivity contribution in [2.75, 3.05) is 6.54 Å². The van der Waals surface area contributed by atoms with E-state index in [0.717, 1.165) is 16.5 Å². The summed E-state index contributed by atoms with van der Waals surface area (Å²) in [4.78, 5) is 14.0. The van der Waals surface area contributed by atoms with E-state index in [0.29, 0.717) is 13.0 Å². The number of piperidine rings is 1. The summed E-state index contributed by atoms with van der Waals surface area (Å²) in [6, 6.07) is 7.88. The summed E-state index contributed by atoms with van der Waals surface area (Å²) in [5, 5.41) is 11.1. The Morgan fingerprint density at radius 3 is 2.73 bits per heavy atom. The number of benzene rings is 1. The lowest BCUT2D eigenvalue weighted by atomic mass is 9.82. The van der Waals surface area contributed by atoms with Gasteiger partial charge in [-0.25, -0.2) is 4.79 Å². The predicted octanol–water partition coefficient (Wildman–Crippen LogP) is 3.67. The largest absolute Gasteiger partial charge is 0.444 e. The van der Waals surface area contributed by atoms with Crippen LogP contribution in [0.4, 0.5) is 4.79 Å². The molecule has 0 aromatic heterocycles. The number of carbonyl (C=O) groups is 1. The Kier molecular flexibility index (Phi) is 3.76. The minimum atomic E-state index is -0.840. The lowest BCUT2D eigenvalue weighted by Gasteiger charge is -2.38. The second-order valence-corrected chi connectivity index (χ2v) is 8.27. The summed E-state index contributed by atoms with van der Waals surface area (Å²) in [6.45, 7) is 6.17. The summed E-state index contributed by atoms with van der Waals surface area (Å²) < 4.78 is 6.43. The van der Waals surface area contributed by atoms with Gasteiger partial charge in [0.2, 0.25) is 0 Å². The lowest BCUT2D eigenvalue weighted by molar-refractivity contribution is -0.0439. The molecule has 22 heavy (non-hydrogen) atoms. The topological polar surface area (TPSA) is 49.8 Å². The van der Waals surface area contributed by atoms with Gasteiger partial charge in [0.05, 0.1) is 5.60 Å². The molecule has 5 heteroatoms. The minimum Gasteiger partial charge on any atom is -0.444 e. The molecule has 1 saturated heterocycles. The summed E-state index contributed by atoms with van der Waals surface area (Å²) in [7, 11) is 0. The molecule has 1 aliphatic carbocycles. The molecule has 3 rings (SSSR count). The fourth-order valence-corrected chi connectivity index (χ4v) is 4.04. The van der Waals surface area contributed by atoms with E-state index < -0.39 is 11.2 Å². The number of aliphatic hydroxyl groups is 1. The van der Waals surface area contributed by atoms with Crippen LogP contribution in [0.5, 0.6) is 0 Å². The Hall–Kier alpha value is -1.07. The van der Waals surface area contributed by atoms with Crippen LogP contribution in [-0.4, -0.2) is 34.3 Å². The number of hydrogen-bond donors (Lipinski definition) is 1. The number of rotatable bonds is 1. The molecular formula is C17H22BrNO3. The van der Waals surface area contributed by atoms with Crippen LogP contribution >= 0.6 is 15.9 Å². The van der Waals surface area contributed by atoms with Gasteiger partial charge >= 0.3 is 6.09 Å². The van der Waals surface area contributed by atoms with Crippen molar-refractivity contribution in [2.45, 2.75) is 50.9 Å². The van der Waals surface area contributed by atoms with Gasteiger partial charge in [0.1, 0.15) is 5.60 Å². The van der Waals surface area contributed by atoms with Crippen LogP contribution < -0.4 is 0 Å². The number of hydrogen-bond acceptors (Lipinski definition) is 3. The van der Waals surface area contributed by atoms with Gasteiger partial charge in [0.15, 0.2) is 0 Å². The molecule has 1 saturated carbocycles. The first-order valence-electron chi connectivity index (χ1n) is 7.67. The van der Waals surface area contributed by atoms with Crippen LogP contribution in [0.15, 0.2) is 28.7 Å². The molecule has 2 bridgehead atoms. The third-order valence-corrected chi connectivity index (χ3v) is 5.08. The number of carbonyl (C=O) groups excluding carboxylic acids is 1. The average molecular weight is 368 g/mol. The maximum atomic E-state index is 12.3. The molecule has 120 valence electrons. The molecular weight excluding hydrogens is 346 g/mol. The van der Waals surface area contributed by atoms with E-state index in [-0.39, 0.29) is 18.1 Å². The van der Waals surface area contributed by atoms with E-state index in [9.17, 15) is 9.90 Å². The van der Waals surface area contributed by atoms with Crippen LogP contribution in [0.25, 0.3) is 0 Å². The van der Waals surface area contributed by atoms with E-state index in [2.05, 4.69) is 15.9 Å². The zero-order valence-corrected chi connectivity index (χ0v) is 14.8. The number of halogens is 1. The Morgan fingerprint density at radius 1 is 1.45 bits per heavy atom. The number of ether oxygens (including phenoxy) is 1. The number of likely N-dealkylation sites (tertiary alicyclic amines) is 1. The van der Waals surface area contributed by atoms with Crippen molar-refractivity contribution in [1.82, 2.24) is 4.90 Å². The molecule has 0 spiro atoms. The highest BCUT2D eigenvalue weighted by Gasteiger charge is 2.56. The normalized spacial score (nSPS) is 30.7. The quantitative estimate of drug-likeness (QED) is 0.823. The Balaban J connectivity index is 1.75. The molecule has 1 amide bonds. The van der Waals surface area contributed by atoms with Crippen LogP contribution in [0.3, 0.4) is 0 Å². The number of nitrogens with zero attached hydrogens (tertiary/aromatic N) is 1. The van der Waals surface area contributed by atoms with Crippen molar-refractivity contribution >= 4 is 22.0 Å². The fourth-order valence-electron chi connectivity index (χ4n) is 3.64. The third kappa shape index (κ3) is 2.76. The zero-order valence-electron chi connectivity index (χ0n) is 13.2. The van der Waals surface area contributed by atoms with Gasteiger partial charge in [-0.1, -0.05) is 28.1 Å². The SMILES string of the molecule is CC(C)(C)OC(=O)N1CC2CC1CC2(O)c1cccc(Br)c1. The molecule has 0 radical (unpaired) electrons. The first-order chi connectivity index (χ1) is 10.2. The molecule has 1 N–H and O–H groups in total. The lowest BCUT2D eigenvalue weighted by Crippen LogP contribution is -2.48. The summed E-state index contributed by atoms with van der Waals surface area (Å²) in [6.07, 6.45) is 1.14. The van der Waals surface area contributed by atoms with Crippen molar-refractivity contribution in [3.05, 3.63) is 34.3 Å². The third-order valence-electron chi connectivity index (χ3n) is 4.59. The summed E-state index contributed by atoms with van der Waals surface area (Å²) in [5.41, 5.74) is -0.398. The minimum absolute atomic E-state index is 0.0591. The van der Waals surface area contributed by atoms with Crippen LogP contribution in [0, 0.1) is 5.92 Å². The highest BCUT2D eigenvalue weighted by atomic mass is 79.9. The molecule has 4 nitrogen and oxygen atoms in total. The van der Waals surface area contributed by atoms with E-state index in [1.54, 1.807) is 4.90 Å². The monoisotopic (exact) mass is 367 g/mol. The van der Waals surface area contributed by atoms with Gasteiger partial charge in [-0.2, -0.15) is 0 Å². The van der Waals surface area contributed by atoms with Crippen molar-refractivity contribution in [1.29, 1.82) is 0 Å². The van der Waals surface area contributed by atoms with Gasteiger partial charge in [-0.3, -0.25) is 0 Å². The van der Waals surface area contributed by atoms with Crippen molar-refractivity contribution < 1.29 is 14.6 Å². The maximum Gasteiger partial charge on any atom is 0.410 e. The highest BCUT2D eigenvalue weighted by Crippen LogP contribution is 2.51.